The Labute approximate surface area is 133 Å². The highest BCUT2D eigenvalue weighted by molar-refractivity contribution is 5.94. The Hall–Kier alpha value is -2.61. The van der Waals surface area contributed by atoms with Crippen molar-refractivity contribution < 1.29 is 14.1 Å². The minimum Gasteiger partial charge on any atom is -0.385 e. The first kappa shape index (κ1) is 16.8. The maximum absolute atomic E-state index is 11.9. The molecule has 0 aliphatic heterocycles. The summed E-state index contributed by atoms with van der Waals surface area (Å²) >= 11 is 0. The van der Waals surface area contributed by atoms with Crippen LogP contribution < -0.4 is 5.32 Å². The number of hydrogen-bond acceptors (Lipinski definition) is 7. The molecule has 0 spiro atoms. The number of methoxy groups -OCH3 is 1. The molecule has 0 fully saturated rings. The summed E-state index contributed by atoms with van der Waals surface area (Å²) in [6.45, 7) is 1.27. The number of aromatic nitrogens is 2. The standard InChI is InChI=1S/C15H18N4O4/c1-22-10-2-8-16-15(20)12-5-3-11(4-6-12)14-18-13(23-19-14)7-9-17-21/h3-6H,2,7-10H2,1H3,(H,16,20). The SMILES string of the molecule is COCCCNC(=O)c1ccc(-c2noc(CCN=O)n2)cc1. The van der Waals surface area contributed by atoms with Gasteiger partial charge in [-0.05, 0) is 18.6 Å². The minimum absolute atomic E-state index is 0.101. The van der Waals surface area contributed by atoms with Gasteiger partial charge in [0, 0.05) is 31.4 Å². The van der Waals surface area contributed by atoms with Crippen molar-refractivity contribution in [2.24, 2.45) is 5.18 Å². The number of nitrogens with zero attached hydrogens (tertiary/aromatic N) is 3. The van der Waals surface area contributed by atoms with Gasteiger partial charge in [0.25, 0.3) is 5.91 Å². The molecular formula is C15H18N4O4. The van der Waals surface area contributed by atoms with Gasteiger partial charge >= 0.3 is 0 Å². The van der Waals surface area contributed by atoms with Crippen molar-refractivity contribution in [3.05, 3.63) is 40.6 Å². The third kappa shape index (κ3) is 4.96. The Bertz CT molecular complexity index is 639. The smallest absolute Gasteiger partial charge is 0.251 e. The fourth-order valence-corrected chi connectivity index (χ4v) is 1.91. The number of hydrogen-bond donors (Lipinski definition) is 1. The van der Waals surface area contributed by atoms with Crippen molar-refractivity contribution in [2.45, 2.75) is 12.8 Å². The molecule has 122 valence electrons. The van der Waals surface area contributed by atoms with E-state index in [4.69, 9.17) is 9.26 Å². The summed E-state index contributed by atoms with van der Waals surface area (Å²) in [5, 5.41) is 9.40. The predicted molar refractivity (Wildman–Crippen MR) is 82.9 cm³/mol. The van der Waals surface area contributed by atoms with Crippen LogP contribution in [0.25, 0.3) is 11.4 Å². The molecule has 0 saturated heterocycles. The summed E-state index contributed by atoms with van der Waals surface area (Å²) in [6.07, 6.45) is 1.08. The second-order valence-corrected chi connectivity index (χ2v) is 4.79. The van der Waals surface area contributed by atoms with Gasteiger partial charge in [0.15, 0.2) is 0 Å². The zero-order valence-corrected chi connectivity index (χ0v) is 12.8. The molecule has 8 nitrogen and oxygen atoms in total. The Morgan fingerprint density at radius 1 is 1.35 bits per heavy atom. The van der Waals surface area contributed by atoms with E-state index in [0.717, 1.165) is 12.0 Å². The number of rotatable bonds is 9. The van der Waals surface area contributed by atoms with E-state index in [-0.39, 0.29) is 12.5 Å². The van der Waals surface area contributed by atoms with Crippen molar-refractivity contribution in [2.75, 3.05) is 26.8 Å². The third-order valence-electron chi connectivity index (χ3n) is 3.10. The molecule has 1 N–H and O–H groups in total. The first-order valence-corrected chi connectivity index (χ1v) is 7.24. The van der Waals surface area contributed by atoms with Crippen molar-refractivity contribution in [1.82, 2.24) is 15.5 Å². The largest absolute Gasteiger partial charge is 0.385 e. The maximum Gasteiger partial charge on any atom is 0.251 e. The lowest BCUT2D eigenvalue weighted by atomic mass is 10.1. The van der Waals surface area contributed by atoms with Crippen molar-refractivity contribution in [3.63, 3.8) is 0 Å². The van der Waals surface area contributed by atoms with Gasteiger partial charge < -0.3 is 14.6 Å². The summed E-state index contributed by atoms with van der Waals surface area (Å²) < 4.78 is 9.95. The zero-order chi connectivity index (χ0) is 16.5. The normalized spacial score (nSPS) is 10.5. The molecule has 0 aliphatic carbocycles. The van der Waals surface area contributed by atoms with Crippen LogP contribution in [0.2, 0.25) is 0 Å². The quantitative estimate of drug-likeness (QED) is 0.558. The molecule has 8 heteroatoms. The summed E-state index contributed by atoms with van der Waals surface area (Å²) in [5.74, 6) is 0.635. The summed E-state index contributed by atoms with van der Waals surface area (Å²) in [4.78, 5) is 26.2. The second kappa shape index (κ2) is 8.74. The molecule has 2 aromatic rings. The lowest BCUT2D eigenvalue weighted by Crippen LogP contribution is -2.25. The molecular weight excluding hydrogens is 300 g/mol. The number of nitrogens with one attached hydrogen (secondary N) is 1. The molecule has 1 aromatic heterocycles. The topological polar surface area (TPSA) is 107 Å². The fraction of sp³-hybridized carbons (Fsp3) is 0.400. The average Bonchev–Trinajstić information content (AvgIpc) is 3.06. The molecule has 0 radical (unpaired) electrons. The number of carbonyl (C=O) groups is 1. The van der Waals surface area contributed by atoms with Crippen molar-refractivity contribution >= 4 is 5.91 Å². The Morgan fingerprint density at radius 3 is 2.83 bits per heavy atom. The van der Waals surface area contributed by atoms with Crippen molar-refractivity contribution in [3.8, 4) is 11.4 Å². The van der Waals surface area contributed by atoms with Gasteiger partial charge in [-0.2, -0.15) is 9.89 Å². The van der Waals surface area contributed by atoms with Crippen LogP contribution in [0.15, 0.2) is 34.0 Å². The number of benzene rings is 1. The van der Waals surface area contributed by atoms with Crippen LogP contribution in [-0.4, -0.2) is 42.9 Å². The van der Waals surface area contributed by atoms with E-state index in [2.05, 4.69) is 20.6 Å². The molecule has 23 heavy (non-hydrogen) atoms. The first-order valence-electron chi connectivity index (χ1n) is 7.24. The Balaban J connectivity index is 1.94. The summed E-state index contributed by atoms with van der Waals surface area (Å²) in [5.41, 5.74) is 1.29. The molecule has 0 aliphatic rings. The number of ether oxygens (including phenoxy) is 1. The highest BCUT2D eigenvalue weighted by Gasteiger charge is 2.10. The number of amides is 1. The highest BCUT2D eigenvalue weighted by atomic mass is 16.5. The van der Waals surface area contributed by atoms with Gasteiger partial charge in [-0.25, -0.2) is 0 Å². The van der Waals surface area contributed by atoms with Gasteiger partial charge in [0.1, 0.15) is 0 Å². The zero-order valence-electron chi connectivity index (χ0n) is 12.8. The van der Waals surface area contributed by atoms with E-state index < -0.39 is 0 Å². The van der Waals surface area contributed by atoms with Crippen LogP contribution in [0.4, 0.5) is 0 Å². The summed E-state index contributed by atoms with van der Waals surface area (Å²) in [7, 11) is 1.62. The molecule has 1 amide bonds. The molecule has 1 heterocycles. The predicted octanol–water partition coefficient (Wildman–Crippen LogP) is 1.81. The molecule has 0 bridgehead atoms. The minimum atomic E-state index is -0.140. The van der Waals surface area contributed by atoms with Crippen molar-refractivity contribution in [1.29, 1.82) is 0 Å². The average molecular weight is 318 g/mol. The lowest BCUT2D eigenvalue weighted by Gasteiger charge is -2.05. The van der Waals surface area contributed by atoms with Crippen LogP contribution in [-0.2, 0) is 11.2 Å². The van der Waals surface area contributed by atoms with Gasteiger partial charge in [-0.15, -0.1) is 0 Å². The number of nitroso groups, excluding NO2 is 1. The third-order valence-corrected chi connectivity index (χ3v) is 3.10. The van der Waals surface area contributed by atoms with Crippen LogP contribution in [0.3, 0.4) is 0 Å². The Kier molecular flexibility index (Phi) is 6.37. The van der Waals surface area contributed by atoms with E-state index in [1.807, 2.05) is 0 Å². The lowest BCUT2D eigenvalue weighted by molar-refractivity contribution is 0.0948. The molecule has 1 aromatic carbocycles. The van der Waals surface area contributed by atoms with Crippen LogP contribution in [0.1, 0.15) is 22.7 Å². The van der Waals surface area contributed by atoms with Gasteiger partial charge in [-0.1, -0.05) is 22.5 Å². The van der Waals surface area contributed by atoms with Gasteiger partial charge in [0.05, 0.1) is 13.0 Å². The maximum atomic E-state index is 11.9. The number of carbonyl (C=O) groups excluding carboxylic acids is 1. The van der Waals surface area contributed by atoms with Crippen LogP contribution >= 0.6 is 0 Å². The fourth-order valence-electron chi connectivity index (χ4n) is 1.91. The van der Waals surface area contributed by atoms with E-state index in [1.54, 1.807) is 31.4 Å². The van der Waals surface area contributed by atoms with Gasteiger partial charge in [0.2, 0.25) is 11.7 Å². The van der Waals surface area contributed by atoms with E-state index in [9.17, 15) is 9.70 Å². The molecule has 0 atom stereocenters. The summed E-state index contributed by atoms with van der Waals surface area (Å²) in [6, 6.07) is 6.89. The first-order chi connectivity index (χ1) is 11.2. The van der Waals surface area contributed by atoms with E-state index >= 15 is 0 Å². The van der Waals surface area contributed by atoms with Crippen LogP contribution in [0.5, 0.6) is 0 Å². The molecule has 0 unspecified atom stereocenters. The van der Waals surface area contributed by atoms with E-state index in [1.165, 1.54) is 0 Å². The molecule has 0 saturated carbocycles. The molecule has 2 rings (SSSR count). The second-order valence-electron chi connectivity index (χ2n) is 4.79. The highest BCUT2D eigenvalue weighted by Crippen LogP contribution is 2.16. The van der Waals surface area contributed by atoms with Gasteiger partial charge in [-0.3, -0.25) is 4.79 Å². The Morgan fingerprint density at radius 2 is 2.13 bits per heavy atom. The van der Waals surface area contributed by atoms with E-state index in [0.29, 0.717) is 36.9 Å². The van der Waals surface area contributed by atoms with Crippen LogP contribution in [0, 0.1) is 4.91 Å². The monoisotopic (exact) mass is 318 g/mol.